The van der Waals surface area contributed by atoms with Crippen molar-refractivity contribution in [2.24, 2.45) is 0 Å². The van der Waals surface area contributed by atoms with Crippen molar-refractivity contribution in [3.8, 4) is 11.4 Å². The SMILES string of the molecule is CCc1c(C(O)(c2ccccc2)c2ccccc2)nc2cc(F)c(-c3nn[nH]n3)cn12. The number of aromatic amines is 1. The predicted molar refractivity (Wildman–Crippen MR) is 113 cm³/mol. The number of hydrogen-bond donors (Lipinski definition) is 2. The molecule has 0 radical (unpaired) electrons. The number of benzene rings is 2. The van der Waals surface area contributed by atoms with E-state index in [1.165, 1.54) is 6.07 Å². The number of pyridine rings is 1. The fraction of sp³-hybridized carbons (Fsp3) is 0.130. The zero-order valence-corrected chi connectivity index (χ0v) is 16.7. The van der Waals surface area contributed by atoms with Crippen molar-refractivity contribution in [1.29, 1.82) is 0 Å². The molecule has 3 aromatic heterocycles. The van der Waals surface area contributed by atoms with Crippen LogP contribution in [0.25, 0.3) is 17.0 Å². The first kappa shape index (κ1) is 19.1. The summed E-state index contributed by atoms with van der Waals surface area (Å²) in [7, 11) is 0. The van der Waals surface area contributed by atoms with E-state index in [1.54, 1.807) is 10.6 Å². The van der Waals surface area contributed by atoms with E-state index in [2.05, 4.69) is 20.6 Å². The van der Waals surface area contributed by atoms with Gasteiger partial charge in [-0.25, -0.2) is 9.37 Å². The first-order chi connectivity index (χ1) is 15.1. The maximum atomic E-state index is 14.8. The van der Waals surface area contributed by atoms with Crippen LogP contribution in [0.3, 0.4) is 0 Å². The summed E-state index contributed by atoms with van der Waals surface area (Å²) in [4.78, 5) is 4.70. The molecule has 0 aliphatic rings. The molecule has 2 aromatic carbocycles. The minimum atomic E-state index is -1.51. The standard InChI is InChI=1S/C23H19FN6O/c1-2-19-21(23(31,15-9-5-3-6-10-15)16-11-7-4-8-12-16)25-20-13-18(24)17(14-30(19)20)22-26-28-29-27-22/h3-14,31H,2H2,1H3,(H,26,27,28,29). The van der Waals surface area contributed by atoms with Crippen LogP contribution >= 0.6 is 0 Å². The topological polar surface area (TPSA) is 92.0 Å². The van der Waals surface area contributed by atoms with Crippen molar-refractivity contribution in [2.75, 3.05) is 0 Å². The number of nitrogens with zero attached hydrogens (tertiary/aromatic N) is 5. The zero-order valence-electron chi connectivity index (χ0n) is 16.7. The van der Waals surface area contributed by atoms with Crippen LogP contribution in [0.15, 0.2) is 72.9 Å². The van der Waals surface area contributed by atoms with Gasteiger partial charge in [0.05, 0.1) is 5.56 Å². The molecule has 0 fully saturated rings. The van der Waals surface area contributed by atoms with E-state index in [0.29, 0.717) is 28.9 Å². The fourth-order valence-corrected chi connectivity index (χ4v) is 3.98. The third-order valence-electron chi connectivity index (χ3n) is 5.46. The van der Waals surface area contributed by atoms with Crippen molar-refractivity contribution in [3.05, 3.63) is 101 Å². The fourth-order valence-electron chi connectivity index (χ4n) is 3.98. The second-order valence-electron chi connectivity index (χ2n) is 7.20. The number of H-pyrrole nitrogens is 1. The molecule has 0 aliphatic carbocycles. The number of fused-ring (bicyclic) bond motifs is 1. The monoisotopic (exact) mass is 414 g/mol. The molecule has 0 bridgehead atoms. The maximum Gasteiger partial charge on any atom is 0.209 e. The third kappa shape index (κ3) is 3.00. The van der Waals surface area contributed by atoms with Crippen LogP contribution in [0.1, 0.15) is 29.4 Å². The van der Waals surface area contributed by atoms with Gasteiger partial charge in [-0.3, -0.25) is 0 Å². The van der Waals surface area contributed by atoms with E-state index in [-0.39, 0.29) is 11.4 Å². The van der Waals surface area contributed by atoms with E-state index >= 15 is 0 Å². The highest BCUT2D eigenvalue weighted by molar-refractivity contribution is 5.60. The van der Waals surface area contributed by atoms with Crippen molar-refractivity contribution < 1.29 is 9.50 Å². The second-order valence-corrected chi connectivity index (χ2v) is 7.20. The van der Waals surface area contributed by atoms with E-state index in [1.807, 2.05) is 67.6 Å². The number of aryl methyl sites for hydroxylation is 1. The highest BCUT2D eigenvalue weighted by atomic mass is 19.1. The highest BCUT2D eigenvalue weighted by Crippen LogP contribution is 2.38. The molecule has 5 rings (SSSR count). The van der Waals surface area contributed by atoms with Gasteiger partial charge in [-0.1, -0.05) is 67.6 Å². The number of tetrazole rings is 1. The molecular weight excluding hydrogens is 395 g/mol. The zero-order chi connectivity index (χ0) is 21.4. The number of nitrogens with one attached hydrogen (secondary N) is 1. The number of aromatic nitrogens is 6. The highest BCUT2D eigenvalue weighted by Gasteiger charge is 2.38. The number of hydrogen-bond acceptors (Lipinski definition) is 5. The third-order valence-corrected chi connectivity index (χ3v) is 5.46. The quantitative estimate of drug-likeness (QED) is 0.459. The molecular formula is C23H19FN6O. The van der Waals surface area contributed by atoms with Crippen LogP contribution < -0.4 is 0 Å². The molecule has 8 heteroatoms. The number of imidazole rings is 1. The molecule has 0 aliphatic heterocycles. The Kier molecular flexibility index (Phi) is 4.56. The molecule has 7 nitrogen and oxygen atoms in total. The molecule has 154 valence electrons. The Morgan fingerprint density at radius 2 is 1.68 bits per heavy atom. The Labute approximate surface area is 177 Å². The van der Waals surface area contributed by atoms with Gasteiger partial charge in [-0.05, 0) is 22.8 Å². The number of rotatable bonds is 5. The largest absolute Gasteiger partial charge is 0.374 e. The van der Waals surface area contributed by atoms with E-state index in [9.17, 15) is 9.50 Å². The molecule has 0 amide bonds. The smallest absolute Gasteiger partial charge is 0.209 e. The molecule has 0 saturated heterocycles. The summed E-state index contributed by atoms with van der Waals surface area (Å²) in [5.41, 5.74) is 1.65. The molecule has 0 saturated carbocycles. The summed E-state index contributed by atoms with van der Waals surface area (Å²) in [6.07, 6.45) is 2.16. The van der Waals surface area contributed by atoms with Crippen LogP contribution in [0.5, 0.6) is 0 Å². The van der Waals surface area contributed by atoms with Crippen LogP contribution in [0, 0.1) is 5.82 Å². The Morgan fingerprint density at radius 3 is 2.23 bits per heavy atom. The average molecular weight is 414 g/mol. The summed E-state index contributed by atoms with van der Waals surface area (Å²) in [5, 5.41) is 25.8. The minimum Gasteiger partial charge on any atom is -0.374 e. The van der Waals surface area contributed by atoms with Gasteiger partial charge in [-0.2, -0.15) is 5.21 Å². The van der Waals surface area contributed by atoms with Gasteiger partial charge in [0.25, 0.3) is 0 Å². The summed E-state index contributed by atoms with van der Waals surface area (Å²) in [6.45, 7) is 1.97. The van der Waals surface area contributed by atoms with E-state index in [4.69, 9.17) is 4.98 Å². The molecule has 0 atom stereocenters. The van der Waals surface area contributed by atoms with Crippen molar-refractivity contribution in [2.45, 2.75) is 18.9 Å². The second kappa shape index (κ2) is 7.41. The first-order valence-electron chi connectivity index (χ1n) is 9.91. The van der Waals surface area contributed by atoms with Crippen LogP contribution in [0.2, 0.25) is 0 Å². The van der Waals surface area contributed by atoms with Gasteiger partial charge in [0, 0.05) is 18.0 Å². The lowest BCUT2D eigenvalue weighted by molar-refractivity contribution is 0.120. The lowest BCUT2D eigenvalue weighted by Gasteiger charge is -2.29. The van der Waals surface area contributed by atoms with Gasteiger partial charge in [0.2, 0.25) is 5.82 Å². The van der Waals surface area contributed by atoms with Gasteiger partial charge in [-0.15, -0.1) is 10.2 Å². The minimum absolute atomic E-state index is 0.151. The number of halogens is 1. The van der Waals surface area contributed by atoms with Crippen molar-refractivity contribution in [3.63, 3.8) is 0 Å². The Bertz CT molecular complexity index is 1290. The molecule has 3 heterocycles. The molecule has 0 spiro atoms. The van der Waals surface area contributed by atoms with Crippen LogP contribution in [-0.2, 0) is 12.0 Å². The number of aliphatic hydroxyl groups is 1. The summed E-state index contributed by atoms with van der Waals surface area (Å²) < 4.78 is 16.6. The Hall–Kier alpha value is -3.91. The van der Waals surface area contributed by atoms with Gasteiger partial charge < -0.3 is 9.51 Å². The molecule has 31 heavy (non-hydrogen) atoms. The maximum absolute atomic E-state index is 14.8. The van der Waals surface area contributed by atoms with Crippen molar-refractivity contribution in [1.82, 2.24) is 30.0 Å². The van der Waals surface area contributed by atoms with Gasteiger partial charge in [0.1, 0.15) is 17.2 Å². The molecule has 0 unspecified atom stereocenters. The van der Waals surface area contributed by atoms with Crippen LogP contribution in [0.4, 0.5) is 4.39 Å². The first-order valence-corrected chi connectivity index (χ1v) is 9.91. The summed E-state index contributed by atoms with van der Waals surface area (Å²) in [5.74, 6) is -0.367. The Morgan fingerprint density at radius 1 is 1.03 bits per heavy atom. The van der Waals surface area contributed by atoms with Crippen molar-refractivity contribution >= 4 is 5.65 Å². The lowest BCUT2D eigenvalue weighted by Crippen LogP contribution is -2.30. The van der Waals surface area contributed by atoms with E-state index < -0.39 is 11.4 Å². The van der Waals surface area contributed by atoms with Gasteiger partial charge >= 0.3 is 0 Å². The predicted octanol–water partition coefficient (Wildman–Crippen LogP) is 3.50. The van der Waals surface area contributed by atoms with Crippen LogP contribution in [-0.4, -0.2) is 35.1 Å². The Balaban J connectivity index is 1.81. The molecule has 5 aromatic rings. The summed E-state index contributed by atoms with van der Waals surface area (Å²) in [6, 6.07) is 20.1. The van der Waals surface area contributed by atoms with E-state index in [0.717, 1.165) is 5.69 Å². The summed E-state index contributed by atoms with van der Waals surface area (Å²) >= 11 is 0. The average Bonchev–Trinajstić information content (AvgIpc) is 3.47. The normalized spacial score (nSPS) is 11.8. The van der Waals surface area contributed by atoms with Gasteiger partial charge in [0.15, 0.2) is 5.60 Å². The molecule has 2 N–H and O–H groups in total. The lowest BCUT2D eigenvalue weighted by atomic mass is 9.82.